The quantitative estimate of drug-likeness (QED) is 0.492. The molecule has 2 aliphatic rings. The first-order chi connectivity index (χ1) is 15.6. The molecule has 2 saturated heterocycles. The van der Waals surface area contributed by atoms with E-state index in [1.54, 1.807) is 42.5 Å². The zero-order valence-electron chi connectivity index (χ0n) is 18.9. The highest BCUT2D eigenvalue weighted by Crippen LogP contribution is 2.28. The highest BCUT2D eigenvalue weighted by molar-refractivity contribution is 7.89. The average molecular weight is 470 g/mol. The van der Waals surface area contributed by atoms with Gasteiger partial charge in [0.05, 0.1) is 23.0 Å². The summed E-state index contributed by atoms with van der Waals surface area (Å²) in [6.45, 7) is 6.51. The first-order valence-electron chi connectivity index (χ1n) is 10.9. The van der Waals surface area contributed by atoms with E-state index in [1.165, 1.54) is 11.2 Å². The molecule has 2 fully saturated rings. The Morgan fingerprint density at radius 2 is 1.55 bits per heavy atom. The van der Waals surface area contributed by atoms with Crippen LogP contribution in [0.4, 0.5) is 5.69 Å². The number of anilines is 1. The van der Waals surface area contributed by atoms with Crippen molar-refractivity contribution in [2.75, 3.05) is 31.1 Å². The Morgan fingerprint density at radius 1 is 0.909 bits per heavy atom. The smallest absolute Gasteiger partial charge is 0.251 e. The van der Waals surface area contributed by atoms with E-state index in [2.05, 4.69) is 0 Å². The van der Waals surface area contributed by atoms with Gasteiger partial charge in [-0.25, -0.2) is 13.3 Å². The van der Waals surface area contributed by atoms with E-state index < -0.39 is 16.1 Å². The Morgan fingerprint density at radius 3 is 2.12 bits per heavy atom. The number of carbonyl (C=O) groups is 3. The molecule has 4 rings (SSSR count). The standard InChI is InChI=1S/C24H27N3O5S/c1-16-4-9-21(14-17(16)2)33(31,32)26-12-10-25(11-13-26)22-15-23(29)27(24(22)30)20-7-5-19(6-8-20)18(3)28/h4-9,14,22H,10-13,15H2,1-3H3/t22-/m0/s1. The first kappa shape index (κ1) is 23.3. The molecule has 174 valence electrons. The van der Waals surface area contributed by atoms with Gasteiger partial charge in [-0.1, -0.05) is 6.07 Å². The maximum Gasteiger partial charge on any atom is 0.251 e. The van der Waals surface area contributed by atoms with E-state index in [9.17, 15) is 22.8 Å². The summed E-state index contributed by atoms with van der Waals surface area (Å²) >= 11 is 0. The highest BCUT2D eigenvalue weighted by atomic mass is 32.2. The second kappa shape index (κ2) is 8.81. The number of Topliss-reactive ketones (excluding diaryl/α,β-unsaturated/α-hetero) is 1. The number of sulfonamides is 1. The van der Waals surface area contributed by atoms with Crippen LogP contribution in [0.15, 0.2) is 47.4 Å². The molecule has 0 saturated carbocycles. The average Bonchev–Trinajstić information content (AvgIpc) is 3.09. The van der Waals surface area contributed by atoms with Gasteiger partial charge in [0.15, 0.2) is 5.78 Å². The van der Waals surface area contributed by atoms with Gasteiger partial charge >= 0.3 is 0 Å². The molecule has 2 aromatic carbocycles. The zero-order valence-corrected chi connectivity index (χ0v) is 19.8. The number of amides is 2. The zero-order chi connectivity index (χ0) is 23.9. The van der Waals surface area contributed by atoms with Crippen LogP contribution in [0, 0.1) is 13.8 Å². The summed E-state index contributed by atoms with van der Waals surface area (Å²) in [6.07, 6.45) is 0.0528. The van der Waals surface area contributed by atoms with Gasteiger partial charge in [-0.15, -0.1) is 0 Å². The lowest BCUT2D eigenvalue weighted by molar-refractivity contribution is -0.123. The summed E-state index contributed by atoms with van der Waals surface area (Å²) in [4.78, 5) is 40.5. The summed E-state index contributed by atoms with van der Waals surface area (Å²) in [5.41, 5.74) is 2.90. The van der Waals surface area contributed by atoms with E-state index in [4.69, 9.17) is 0 Å². The predicted molar refractivity (Wildman–Crippen MR) is 124 cm³/mol. The van der Waals surface area contributed by atoms with Crippen LogP contribution in [0.2, 0.25) is 0 Å². The molecular weight excluding hydrogens is 442 g/mol. The number of hydrogen-bond acceptors (Lipinski definition) is 6. The minimum absolute atomic E-state index is 0.0528. The summed E-state index contributed by atoms with van der Waals surface area (Å²) in [5.74, 6) is -0.709. The number of ketones is 1. The molecule has 8 nitrogen and oxygen atoms in total. The third kappa shape index (κ3) is 4.36. The third-order valence-corrected chi connectivity index (χ3v) is 8.38. The van der Waals surface area contributed by atoms with E-state index >= 15 is 0 Å². The Bertz CT molecular complexity index is 1220. The molecule has 1 atom stereocenters. The molecular formula is C24H27N3O5S. The molecule has 2 amide bonds. The molecule has 2 aromatic rings. The van der Waals surface area contributed by atoms with Crippen LogP contribution >= 0.6 is 0 Å². The van der Waals surface area contributed by atoms with Crippen molar-refractivity contribution < 1.29 is 22.8 Å². The van der Waals surface area contributed by atoms with Crippen molar-refractivity contribution in [1.82, 2.24) is 9.21 Å². The molecule has 0 N–H and O–H groups in total. The number of nitrogens with zero attached hydrogens (tertiary/aromatic N) is 3. The third-order valence-electron chi connectivity index (χ3n) is 6.48. The largest absolute Gasteiger partial charge is 0.295 e. The van der Waals surface area contributed by atoms with Crippen molar-refractivity contribution in [3.05, 3.63) is 59.2 Å². The number of imide groups is 1. The molecule has 9 heteroatoms. The molecule has 2 aliphatic heterocycles. The summed E-state index contributed by atoms with van der Waals surface area (Å²) in [7, 11) is -3.62. The van der Waals surface area contributed by atoms with E-state index in [1.807, 2.05) is 18.7 Å². The second-order valence-corrected chi connectivity index (χ2v) is 10.5. The normalized spacial score (nSPS) is 20.5. The molecule has 0 radical (unpaired) electrons. The minimum atomic E-state index is -3.62. The van der Waals surface area contributed by atoms with Crippen molar-refractivity contribution in [3.63, 3.8) is 0 Å². The lowest BCUT2D eigenvalue weighted by Crippen LogP contribution is -2.53. The van der Waals surface area contributed by atoms with Crippen molar-refractivity contribution in [1.29, 1.82) is 0 Å². The maximum atomic E-state index is 13.1. The Balaban J connectivity index is 1.44. The number of rotatable bonds is 5. The van der Waals surface area contributed by atoms with Crippen molar-refractivity contribution in [3.8, 4) is 0 Å². The lowest BCUT2D eigenvalue weighted by atomic mass is 10.1. The topological polar surface area (TPSA) is 95.1 Å². The fourth-order valence-electron chi connectivity index (χ4n) is 4.30. The van der Waals surface area contributed by atoms with E-state index in [-0.39, 0.29) is 42.0 Å². The molecule has 0 aromatic heterocycles. The summed E-state index contributed by atoms with van der Waals surface area (Å²) in [5, 5.41) is 0. The SMILES string of the molecule is CC(=O)c1ccc(N2C(=O)C[C@H](N3CCN(S(=O)(=O)c4ccc(C)c(C)c4)CC3)C2=O)cc1. The Labute approximate surface area is 193 Å². The van der Waals surface area contributed by atoms with Crippen molar-refractivity contribution in [2.45, 2.75) is 38.1 Å². The van der Waals surface area contributed by atoms with Crippen LogP contribution < -0.4 is 4.90 Å². The monoisotopic (exact) mass is 469 g/mol. The molecule has 33 heavy (non-hydrogen) atoms. The van der Waals surface area contributed by atoms with Crippen molar-refractivity contribution in [2.24, 2.45) is 0 Å². The number of benzene rings is 2. The molecule has 0 bridgehead atoms. The first-order valence-corrected chi connectivity index (χ1v) is 12.3. The Hall–Kier alpha value is -2.88. The van der Waals surface area contributed by atoms with Crippen LogP contribution in [-0.2, 0) is 19.6 Å². The Kier molecular flexibility index (Phi) is 6.22. The van der Waals surface area contributed by atoms with Crippen LogP contribution in [0.1, 0.15) is 34.8 Å². The van der Waals surface area contributed by atoms with Gasteiger partial charge in [0.2, 0.25) is 15.9 Å². The number of piperazine rings is 1. The van der Waals surface area contributed by atoms with Crippen LogP contribution in [0.25, 0.3) is 0 Å². The van der Waals surface area contributed by atoms with Gasteiger partial charge < -0.3 is 0 Å². The van der Waals surface area contributed by atoms with E-state index in [0.29, 0.717) is 24.3 Å². The predicted octanol–water partition coefficient (Wildman–Crippen LogP) is 2.14. The number of aryl methyl sites for hydroxylation is 2. The van der Waals surface area contributed by atoms with Gasteiger partial charge in [0.1, 0.15) is 0 Å². The molecule has 0 spiro atoms. The summed E-state index contributed by atoms with van der Waals surface area (Å²) < 4.78 is 27.6. The summed E-state index contributed by atoms with van der Waals surface area (Å²) in [6, 6.07) is 10.9. The molecule has 2 heterocycles. The second-order valence-electron chi connectivity index (χ2n) is 8.58. The fraction of sp³-hybridized carbons (Fsp3) is 0.375. The highest BCUT2D eigenvalue weighted by Gasteiger charge is 2.44. The van der Waals surface area contributed by atoms with Gasteiger partial charge in [-0.3, -0.25) is 19.3 Å². The minimum Gasteiger partial charge on any atom is -0.295 e. The van der Waals surface area contributed by atoms with Crippen LogP contribution in [0.3, 0.4) is 0 Å². The lowest BCUT2D eigenvalue weighted by Gasteiger charge is -2.36. The van der Waals surface area contributed by atoms with Gasteiger partial charge in [-0.2, -0.15) is 4.31 Å². The van der Waals surface area contributed by atoms with Gasteiger partial charge in [0, 0.05) is 31.7 Å². The van der Waals surface area contributed by atoms with Gasteiger partial charge in [-0.05, 0) is 68.3 Å². The van der Waals surface area contributed by atoms with Crippen LogP contribution in [0.5, 0.6) is 0 Å². The van der Waals surface area contributed by atoms with Crippen molar-refractivity contribution >= 4 is 33.3 Å². The van der Waals surface area contributed by atoms with E-state index in [0.717, 1.165) is 16.0 Å². The fourth-order valence-corrected chi connectivity index (χ4v) is 5.80. The maximum absolute atomic E-state index is 13.1. The van der Waals surface area contributed by atoms with Crippen LogP contribution in [-0.4, -0.2) is 67.4 Å². The molecule has 0 unspecified atom stereocenters. The molecule has 0 aliphatic carbocycles. The number of hydrogen-bond donors (Lipinski definition) is 0. The number of carbonyl (C=O) groups excluding carboxylic acids is 3. The van der Waals surface area contributed by atoms with Gasteiger partial charge in [0.25, 0.3) is 5.91 Å².